The first-order valence-electron chi connectivity index (χ1n) is 3.19. The van der Waals surface area contributed by atoms with Crippen LogP contribution in [-0.4, -0.2) is 23.2 Å². The first-order chi connectivity index (χ1) is 6.07. The molecule has 1 N–H and O–H groups in total. The summed E-state index contributed by atoms with van der Waals surface area (Å²) < 4.78 is 5.15. The maximum Gasteiger partial charge on any atom is 0.340 e. The first-order valence-corrected chi connectivity index (χ1v) is 4.36. The summed E-state index contributed by atoms with van der Waals surface area (Å²) in [6.45, 7) is 0. The van der Waals surface area contributed by atoms with E-state index in [-0.39, 0.29) is 16.5 Å². The van der Waals surface area contributed by atoms with E-state index in [1.807, 2.05) is 0 Å². The van der Waals surface area contributed by atoms with Crippen molar-refractivity contribution in [2.45, 2.75) is 0 Å². The quantitative estimate of drug-likeness (QED) is 0.834. The molecule has 13 heavy (non-hydrogen) atoms. The number of hydrogen-bond donors (Lipinski definition) is 1. The Balaban J connectivity index is 3.43. The van der Waals surface area contributed by atoms with E-state index < -0.39 is 5.97 Å². The van der Waals surface area contributed by atoms with E-state index in [1.54, 1.807) is 0 Å². The summed E-state index contributed by atoms with van der Waals surface area (Å²) in [4.78, 5) is 14.5. The third-order valence-electron chi connectivity index (χ3n) is 1.36. The van der Waals surface area contributed by atoms with E-state index in [9.17, 15) is 4.79 Å². The SMILES string of the molecule is COc1c(Cl)ncc(Br)c1C(=O)O. The lowest BCUT2D eigenvalue weighted by Crippen LogP contribution is -2.03. The highest BCUT2D eigenvalue weighted by Crippen LogP contribution is 2.31. The van der Waals surface area contributed by atoms with Crippen LogP contribution in [0.4, 0.5) is 0 Å². The van der Waals surface area contributed by atoms with E-state index in [0.717, 1.165) is 0 Å². The number of rotatable bonds is 2. The Morgan fingerprint density at radius 3 is 2.77 bits per heavy atom. The molecule has 0 aromatic carbocycles. The molecule has 0 saturated heterocycles. The first kappa shape index (κ1) is 10.3. The van der Waals surface area contributed by atoms with Gasteiger partial charge in [0.05, 0.1) is 11.6 Å². The molecule has 6 heteroatoms. The lowest BCUT2D eigenvalue weighted by atomic mass is 10.2. The van der Waals surface area contributed by atoms with E-state index in [2.05, 4.69) is 20.9 Å². The van der Waals surface area contributed by atoms with E-state index >= 15 is 0 Å². The smallest absolute Gasteiger partial charge is 0.340 e. The fourth-order valence-electron chi connectivity index (χ4n) is 0.834. The van der Waals surface area contributed by atoms with Crippen molar-refractivity contribution in [3.05, 3.63) is 21.4 Å². The van der Waals surface area contributed by atoms with Crippen LogP contribution in [0.2, 0.25) is 5.15 Å². The van der Waals surface area contributed by atoms with Crippen LogP contribution >= 0.6 is 27.5 Å². The topological polar surface area (TPSA) is 59.4 Å². The summed E-state index contributed by atoms with van der Waals surface area (Å²) >= 11 is 8.67. The predicted molar refractivity (Wildman–Crippen MR) is 50.5 cm³/mol. The molecular formula is C7H5BrClNO3. The molecule has 1 rings (SSSR count). The fourth-order valence-corrected chi connectivity index (χ4v) is 1.51. The molecule has 0 spiro atoms. The molecule has 1 heterocycles. The number of hydrogen-bond acceptors (Lipinski definition) is 3. The van der Waals surface area contributed by atoms with Gasteiger partial charge in [-0.1, -0.05) is 11.6 Å². The number of aromatic carboxylic acids is 1. The zero-order valence-electron chi connectivity index (χ0n) is 6.54. The second-order valence-corrected chi connectivity index (χ2v) is 3.32. The summed E-state index contributed by atoms with van der Waals surface area (Å²) in [5.74, 6) is -1.06. The van der Waals surface area contributed by atoms with Gasteiger partial charge in [-0.05, 0) is 15.9 Å². The Kier molecular flexibility index (Phi) is 3.11. The number of methoxy groups -OCH3 is 1. The minimum Gasteiger partial charge on any atom is -0.493 e. The number of carboxylic acid groups (broad SMARTS) is 1. The average molecular weight is 266 g/mol. The van der Waals surface area contributed by atoms with Gasteiger partial charge in [-0.3, -0.25) is 0 Å². The Bertz CT molecular complexity index is 356. The minimum absolute atomic E-state index is 0.0255. The highest BCUT2D eigenvalue weighted by atomic mass is 79.9. The van der Waals surface area contributed by atoms with Gasteiger partial charge in [0.1, 0.15) is 5.56 Å². The summed E-state index contributed by atoms with van der Waals surface area (Å²) in [5.41, 5.74) is -0.0255. The highest BCUT2D eigenvalue weighted by Gasteiger charge is 2.18. The minimum atomic E-state index is -1.12. The number of ether oxygens (including phenoxy) is 1. The van der Waals surface area contributed by atoms with E-state index in [4.69, 9.17) is 21.4 Å². The number of carbonyl (C=O) groups is 1. The van der Waals surface area contributed by atoms with Gasteiger partial charge in [0, 0.05) is 6.20 Å². The Morgan fingerprint density at radius 2 is 2.38 bits per heavy atom. The molecule has 0 amide bonds. The van der Waals surface area contributed by atoms with Crippen LogP contribution in [-0.2, 0) is 0 Å². The number of aromatic nitrogens is 1. The second kappa shape index (κ2) is 3.93. The molecule has 0 saturated carbocycles. The molecule has 0 fully saturated rings. The van der Waals surface area contributed by atoms with Crippen LogP contribution in [0.5, 0.6) is 5.75 Å². The molecule has 1 aromatic rings. The van der Waals surface area contributed by atoms with Gasteiger partial charge < -0.3 is 9.84 Å². The van der Waals surface area contributed by atoms with Crippen molar-refractivity contribution in [1.82, 2.24) is 4.98 Å². The fraction of sp³-hybridized carbons (Fsp3) is 0.143. The summed E-state index contributed by atoms with van der Waals surface area (Å²) in [6, 6.07) is 0. The molecule has 1 aromatic heterocycles. The van der Waals surface area contributed by atoms with Crippen molar-refractivity contribution in [3.8, 4) is 5.75 Å². The second-order valence-electron chi connectivity index (χ2n) is 2.11. The van der Waals surface area contributed by atoms with Gasteiger partial charge in [0.15, 0.2) is 10.9 Å². The van der Waals surface area contributed by atoms with Crippen LogP contribution < -0.4 is 4.74 Å². The Labute approximate surface area is 87.6 Å². The zero-order valence-corrected chi connectivity index (χ0v) is 8.89. The standard InChI is InChI=1S/C7H5BrClNO3/c1-13-5-4(7(11)12)3(8)2-10-6(5)9/h2H,1H3,(H,11,12). The van der Waals surface area contributed by atoms with Gasteiger partial charge in [0.2, 0.25) is 0 Å². The van der Waals surface area contributed by atoms with Crippen LogP contribution in [0, 0.1) is 0 Å². The molecule has 0 bridgehead atoms. The molecular weight excluding hydrogens is 261 g/mol. The normalized spacial score (nSPS) is 9.77. The monoisotopic (exact) mass is 265 g/mol. The predicted octanol–water partition coefficient (Wildman–Crippen LogP) is 2.20. The molecule has 0 radical (unpaired) electrons. The van der Waals surface area contributed by atoms with Crippen LogP contribution in [0.15, 0.2) is 10.7 Å². The van der Waals surface area contributed by atoms with Crippen molar-refractivity contribution in [2.24, 2.45) is 0 Å². The van der Waals surface area contributed by atoms with Crippen LogP contribution in [0.3, 0.4) is 0 Å². The van der Waals surface area contributed by atoms with E-state index in [0.29, 0.717) is 4.47 Å². The van der Waals surface area contributed by atoms with Crippen molar-refractivity contribution >= 4 is 33.5 Å². The van der Waals surface area contributed by atoms with Crippen LogP contribution in [0.25, 0.3) is 0 Å². The molecule has 0 aliphatic carbocycles. The molecule has 4 nitrogen and oxygen atoms in total. The van der Waals surface area contributed by atoms with Gasteiger partial charge in [-0.2, -0.15) is 0 Å². The largest absolute Gasteiger partial charge is 0.493 e. The summed E-state index contributed by atoms with van der Waals surface area (Å²) in [6.07, 6.45) is 1.31. The van der Waals surface area contributed by atoms with Gasteiger partial charge >= 0.3 is 5.97 Å². The lowest BCUT2D eigenvalue weighted by molar-refractivity contribution is 0.0692. The van der Waals surface area contributed by atoms with Gasteiger partial charge in [-0.15, -0.1) is 0 Å². The third-order valence-corrected chi connectivity index (χ3v) is 2.23. The van der Waals surface area contributed by atoms with Crippen molar-refractivity contribution in [3.63, 3.8) is 0 Å². The van der Waals surface area contributed by atoms with Crippen LogP contribution in [0.1, 0.15) is 10.4 Å². The van der Waals surface area contributed by atoms with Gasteiger partial charge in [-0.25, -0.2) is 9.78 Å². The number of pyridine rings is 1. The highest BCUT2D eigenvalue weighted by molar-refractivity contribution is 9.10. The number of halogens is 2. The maximum absolute atomic E-state index is 10.8. The molecule has 0 aliphatic rings. The van der Waals surface area contributed by atoms with Crippen molar-refractivity contribution in [1.29, 1.82) is 0 Å². The van der Waals surface area contributed by atoms with Crippen molar-refractivity contribution in [2.75, 3.05) is 7.11 Å². The number of nitrogens with zero attached hydrogens (tertiary/aromatic N) is 1. The maximum atomic E-state index is 10.8. The Morgan fingerprint density at radius 1 is 1.77 bits per heavy atom. The Hall–Kier alpha value is -0.810. The molecule has 0 aliphatic heterocycles. The molecule has 0 atom stereocenters. The lowest BCUT2D eigenvalue weighted by Gasteiger charge is -2.06. The molecule has 0 unspecified atom stereocenters. The van der Waals surface area contributed by atoms with Gasteiger partial charge in [0.25, 0.3) is 0 Å². The number of carboxylic acids is 1. The van der Waals surface area contributed by atoms with E-state index in [1.165, 1.54) is 13.3 Å². The zero-order chi connectivity index (χ0) is 10.0. The summed E-state index contributed by atoms with van der Waals surface area (Å²) in [7, 11) is 1.34. The molecule has 70 valence electrons. The third kappa shape index (κ3) is 1.92. The summed E-state index contributed by atoms with van der Waals surface area (Å²) in [5, 5.41) is 8.84. The van der Waals surface area contributed by atoms with Crippen molar-refractivity contribution < 1.29 is 14.6 Å². The average Bonchev–Trinajstić information content (AvgIpc) is 2.07.